The lowest BCUT2D eigenvalue weighted by Gasteiger charge is -2.41. The van der Waals surface area contributed by atoms with Crippen molar-refractivity contribution in [3.63, 3.8) is 0 Å². The molecule has 1 unspecified atom stereocenters. The summed E-state index contributed by atoms with van der Waals surface area (Å²) in [6.07, 6.45) is 3.68. The second-order valence-corrected chi connectivity index (χ2v) is 7.34. The van der Waals surface area contributed by atoms with Crippen LogP contribution in [0.25, 0.3) is 0 Å². The van der Waals surface area contributed by atoms with Gasteiger partial charge in [-0.25, -0.2) is 8.42 Å². The van der Waals surface area contributed by atoms with E-state index in [4.69, 9.17) is 5.73 Å². The molecule has 1 saturated heterocycles. The number of aromatic nitrogens is 1. The van der Waals surface area contributed by atoms with Crippen molar-refractivity contribution in [2.45, 2.75) is 31.2 Å². The first-order valence-electron chi connectivity index (χ1n) is 6.00. The zero-order valence-corrected chi connectivity index (χ0v) is 11.5. The van der Waals surface area contributed by atoms with E-state index >= 15 is 0 Å². The summed E-state index contributed by atoms with van der Waals surface area (Å²) in [6.45, 7) is 4.95. The topological polar surface area (TPSA) is 76.3 Å². The molecule has 0 bridgehead atoms. The Kier molecular flexibility index (Phi) is 3.44. The minimum atomic E-state index is -3.42. The zero-order valence-electron chi connectivity index (χ0n) is 10.7. The van der Waals surface area contributed by atoms with Gasteiger partial charge in [0.05, 0.1) is 4.90 Å². The Bertz CT molecular complexity index is 513. The Labute approximate surface area is 108 Å². The van der Waals surface area contributed by atoms with Gasteiger partial charge in [0, 0.05) is 31.5 Å². The second-order valence-electron chi connectivity index (χ2n) is 5.41. The summed E-state index contributed by atoms with van der Waals surface area (Å²) in [5.41, 5.74) is 5.83. The van der Waals surface area contributed by atoms with Gasteiger partial charge in [0.25, 0.3) is 0 Å². The van der Waals surface area contributed by atoms with Gasteiger partial charge in [-0.1, -0.05) is 13.8 Å². The van der Waals surface area contributed by atoms with Gasteiger partial charge in [0.1, 0.15) is 0 Å². The van der Waals surface area contributed by atoms with E-state index < -0.39 is 10.0 Å². The predicted molar refractivity (Wildman–Crippen MR) is 69.4 cm³/mol. The van der Waals surface area contributed by atoms with E-state index in [2.05, 4.69) is 4.98 Å². The molecule has 0 amide bonds. The number of nitrogens with two attached hydrogens (primary N) is 1. The smallest absolute Gasteiger partial charge is 0.243 e. The van der Waals surface area contributed by atoms with E-state index in [9.17, 15) is 8.42 Å². The van der Waals surface area contributed by atoms with Crippen molar-refractivity contribution in [1.29, 1.82) is 0 Å². The minimum absolute atomic E-state index is 0.0430. The molecule has 18 heavy (non-hydrogen) atoms. The normalized spacial score (nSPS) is 24.9. The van der Waals surface area contributed by atoms with E-state index in [0.29, 0.717) is 24.4 Å². The van der Waals surface area contributed by atoms with Crippen molar-refractivity contribution in [3.8, 4) is 0 Å². The third-order valence-electron chi connectivity index (χ3n) is 3.56. The van der Waals surface area contributed by atoms with Crippen LogP contribution >= 0.6 is 0 Å². The van der Waals surface area contributed by atoms with Gasteiger partial charge < -0.3 is 5.73 Å². The van der Waals surface area contributed by atoms with Crippen LogP contribution in [0.15, 0.2) is 29.4 Å². The first kappa shape index (κ1) is 13.5. The van der Waals surface area contributed by atoms with Crippen LogP contribution in [0.3, 0.4) is 0 Å². The lowest BCUT2D eigenvalue weighted by atomic mass is 9.81. The molecule has 2 rings (SSSR count). The molecule has 100 valence electrons. The van der Waals surface area contributed by atoms with Crippen molar-refractivity contribution in [2.24, 2.45) is 11.1 Å². The highest BCUT2D eigenvalue weighted by Crippen LogP contribution is 2.30. The molecule has 2 heterocycles. The number of sulfonamides is 1. The summed E-state index contributed by atoms with van der Waals surface area (Å²) in [6, 6.07) is 3.09. The van der Waals surface area contributed by atoms with E-state index in [1.54, 1.807) is 0 Å². The fraction of sp³-hybridized carbons (Fsp3) is 0.583. The van der Waals surface area contributed by atoms with Crippen LogP contribution < -0.4 is 5.73 Å². The van der Waals surface area contributed by atoms with E-state index in [-0.39, 0.29) is 11.5 Å². The highest BCUT2D eigenvalue weighted by molar-refractivity contribution is 7.89. The van der Waals surface area contributed by atoms with E-state index in [1.807, 2.05) is 13.8 Å². The maximum Gasteiger partial charge on any atom is 0.243 e. The quantitative estimate of drug-likeness (QED) is 0.862. The lowest BCUT2D eigenvalue weighted by Crippen LogP contribution is -2.53. The molecule has 0 aliphatic carbocycles. The molecule has 1 atom stereocenters. The first-order valence-corrected chi connectivity index (χ1v) is 7.44. The molecule has 5 nitrogen and oxygen atoms in total. The van der Waals surface area contributed by atoms with Crippen LogP contribution in [0, 0.1) is 5.41 Å². The number of pyridine rings is 1. The fourth-order valence-corrected chi connectivity index (χ4v) is 3.80. The minimum Gasteiger partial charge on any atom is -0.327 e. The van der Waals surface area contributed by atoms with Gasteiger partial charge in [-0.2, -0.15) is 4.31 Å². The Morgan fingerprint density at radius 1 is 1.39 bits per heavy atom. The summed E-state index contributed by atoms with van der Waals surface area (Å²) in [7, 11) is -3.42. The molecular formula is C12H19N3O2S. The Morgan fingerprint density at radius 3 is 2.56 bits per heavy atom. The highest BCUT2D eigenvalue weighted by Gasteiger charge is 2.38. The van der Waals surface area contributed by atoms with Crippen molar-refractivity contribution >= 4 is 10.0 Å². The number of piperidine rings is 1. The molecule has 0 saturated carbocycles. The lowest BCUT2D eigenvalue weighted by molar-refractivity contribution is 0.155. The molecule has 1 fully saturated rings. The van der Waals surface area contributed by atoms with Gasteiger partial charge in [-0.05, 0) is 24.0 Å². The van der Waals surface area contributed by atoms with Gasteiger partial charge in [0.2, 0.25) is 10.0 Å². The van der Waals surface area contributed by atoms with Gasteiger partial charge in [-0.3, -0.25) is 4.98 Å². The zero-order chi connectivity index (χ0) is 13.4. The Morgan fingerprint density at radius 2 is 2.00 bits per heavy atom. The maximum atomic E-state index is 12.4. The molecule has 0 spiro atoms. The SMILES string of the molecule is CC1(C)CN(S(=O)(=O)c2ccncc2)CCC1N. The molecular weight excluding hydrogens is 250 g/mol. The van der Waals surface area contributed by atoms with Crippen LogP contribution in [0.1, 0.15) is 20.3 Å². The molecule has 1 aliphatic heterocycles. The Hall–Kier alpha value is -0.980. The standard InChI is InChI=1S/C12H19N3O2S/c1-12(2)9-15(8-5-11(12)13)18(16,17)10-3-6-14-7-4-10/h3-4,6-7,11H,5,8-9,13H2,1-2H3. The third kappa shape index (κ3) is 2.41. The van der Waals surface area contributed by atoms with Crippen LogP contribution in [0.5, 0.6) is 0 Å². The van der Waals surface area contributed by atoms with E-state index in [0.717, 1.165) is 0 Å². The molecule has 0 radical (unpaired) electrons. The molecule has 1 aromatic heterocycles. The highest BCUT2D eigenvalue weighted by atomic mass is 32.2. The molecule has 1 aromatic rings. The molecule has 2 N–H and O–H groups in total. The predicted octanol–water partition coefficient (Wildman–Crippen LogP) is 0.830. The average Bonchev–Trinajstić information content (AvgIpc) is 2.33. The van der Waals surface area contributed by atoms with Crippen molar-refractivity contribution < 1.29 is 8.42 Å². The molecule has 1 aliphatic rings. The first-order chi connectivity index (χ1) is 8.34. The van der Waals surface area contributed by atoms with Gasteiger partial charge in [-0.15, -0.1) is 0 Å². The van der Waals surface area contributed by atoms with Gasteiger partial charge >= 0.3 is 0 Å². The Balaban J connectivity index is 2.28. The van der Waals surface area contributed by atoms with E-state index in [1.165, 1.54) is 28.8 Å². The summed E-state index contributed by atoms with van der Waals surface area (Å²) >= 11 is 0. The maximum absolute atomic E-state index is 12.4. The summed E-state index contributed by atoms with van der Waals surface area (Å²) in [5.74, 6) is 0. The summed E-state index contributed by atoms with van der Waals surface area (Å²) < 4.78 is 26.4. The number of rotatable bonds is 2. The number of nitrogens with zero attached hydrogens (tertiary/aromatic N) is 2. The van der Waals surface area contributed by atoms with Crippen LogP contribution in [0.4, 0.5) is 0 Å². The average molecular weight is 269 g/mol. The monoisotopic (exact) mass is 269 g/mol. The van der Waals surface area contributed by atoms with Crippen LogP contribution in [-0.2, 0) is 10.0 Å². The van der Waals surface area contributed by atoms with Crippen molar-refractivity contribution in [2.75, 3.05) is 13.1 Å². The van der Waals surface area contributed by atoms with Gasteiger partial charge in [0.15, 0.2) is 0 Å². The number of hydrogen-bond acceptors (Lipinski definition) is 4. The fourth-order valence-electron chi connectivity index (χ4n) is 2.19. The molecule has 6 heteroatoms. The number of hydrogen-bond donors (Lipinski definition) is 1. The molecule has 0 aromatic carbocycles. The summed E-state index contributed by atoms with van der Waals surface area (Å²) in [4.78, 5) is 4.14. The summed E-state index contributed by atoms with van der Waals surface area (Å²) in [5, 5.41) is 0. The van der Waals surface area contributed by atoms with Crippen LogP contribution in [0.2, 0.25) is 0 Å². The largest absolute Gasteiger partial charge is 0.327 e. The third-order valence-corrected chi connectivity index (χ3v) is 5.42. The van der Waals surface area contributed by atoms with Crippen molar-refractivity contribution in [3.05, 3.63) is 24.5 Å². The second kappa shape index (κ2) is 4.60. The van der Waals surface area contributed by atoms with Crippen molar-refractivity contribution in [1.82, 2.24) is 9.29 Å². The van der Waals surface area contributed by atoms with Crippen LogP contribution in [-0.4, -0.2) is 36.8 Å².